The molecule has 3 atom stereocenters. The molecule has 1 aliphatic rings. The van der Waals surface area contributed by atoms with Gasteiger partial charge in [-0.15, -0.1) is 11.8 Å². The Labute approximate surface area is 185 Å². The Hall–Kier alpha value is -0.910. The van der Waals surface area contributed by atoms with Crippen molar-refractivity contribution in [1.82, 2.24) is 4.90 Å². The number of amides is 2. The number of carbonyl (C=O) groups is 2. The van der Waals surface area contributed by atoms with Crippen LogP contribution in [0.4, 0.5) is 5.69 Å². The molecule has 0 spiro atoms. The summed E-state index contributed by atoms with van der Waals surface area (Å²) in [6.07, 6.45) is 1.41. The summed E-state index contributed by atoms with van der Waals surface area (Å²) in [7, 11) is 3.21. The number of carbonyl (C=O) groups excluding carboxylic acids is 2. The van der Waals surface area contributed by atoms with Crippen molar-refractivity contribution in [3.8, 4) is 0 Å². The molecule has 1 aliphatic heterocycles. The zero-order valence-electron chi connectivity index (χ0n) is 16.7. The third kappa shape index (κ3) is 8.39. The lowest BCUT2D eigenvalue weighted by Crippen LogP contribution is -2.43. The lowest BCUT2D eigenvalue weighted by molar-refractivity contribution is -0.131. The quantitative estimate of drug-likeness (QED) is 0.291. The molecular weight excluding hydrogens is 426 g/mol. The minimum absolute atomic E-state index is 0.00591. The predicted octanol–water partition coefficient (Wildman–Crippen LogP) is 1.47. The van der Waals surface area contributed by atoms with Crippen LogP contribution in [0.3, 0.4) is 0 Å². The van der Waals surface area contributed by atoms with Crippen molar-refractivity contribution in [2.75, 3.05) is 35.0 Å². The van der Waals surface area contributed by atoms with Crippen LogP contribution < -0.4 is 22.5 Å². The van der Waals surface area contributed by atoms with Crippen LogP contribution >= 0.6 is 33.3 Å². The van der Waals surface area contributed by atoms with E-state index in [-0.39, 0.29) is 17.9 Å². The van der Waals surface area contributed by atoms with Gasteiger partial charge in [0.05, 0.1) is 18.0 Å². The van der Waals surface area contributed by atoms with Crippen LogP contribution in [0.2, 0.25) is 0 Å². The maximum atomic E-state index is 12.3. The SMILES string of the molecule is CCC(N)CSSCC(N)C(=O)Nc1ccc(CC(N)C(=O)N2CCSC2)cc1. The highest BCUT2D eigenvalue weighted by Crippen LogP contribution is 2.23. The van der Waals surface area contributed by atoms with Crippen LogP contribution in [0.5, 0.6) is 0 Å². The lowest BCUT2D eigenvalue weighted by atomic mass is 10.1. The van der Waals surface area contributed by atoms with Gasteiger partial charge in [0, 0.05) is 35.5 Å². The molecule has 1 aromatic rings. The number of hydrogen-bond acceptors (Lipinski definition) is 8. The van der Waals surface area contributed by atoms with Crippen LogP contribution in [0.15, 0.2) is 24.3 Å². The lowest BCUT2D eigenvalue weighted by Gasteiger charge is -2.19. The van der Waals surface area contributed by atoms with Crippen LogP contribution in [-0.2, 0) is 16.0 Å². The summed E-state index contributed by atoms with van der Waals surface area (Å²) in [5.74, 6) is 2.84. The van der Waals surface area contributed by atoms with Gasteiger partial charge in [-0.05, 0) is 30.5 Å². The van der Waals surface area contributed by atoms with Crippen LogP contribution in [0.1, 0.15) is 18.9 Å². The molecule has 7 N–H and O–H groups in total. The summed E-state index contributed by atoms with van der Waals surface area (Å²) in [6, 6.07) is 6.42. The fourth-order valence-electron chi connectivity index (χ4n) is 2.57. The number of nitrogens with one attached hydrogen (secondary N) is 1. The minimum Gasteiger partial charge on any atom is -0.331 e. The summed E-state index contributed by atoms with van der Waals surface area (Å²) < 4.78 is 0. The van der Waals surface area contributed by atoms with E-state index in [2.05, 4.69) is 12.2 Å². The Bertz CT molecular complexity index is 656. The molecule has 3 unspecified atom stereocenters. The summed E-state index contributed by atoms with van der Waals surface area (Å²) in [4.78, 5) is 26.3. The number of thioether (sulfide) groups is 1. The summed E-state index contributed by atoms with van der Waals surface area (Å²) in [5.41, 5.74) is 19.5. The van der Waals surface area contributed by atoms with Gasteiger partial charge in [0.2, 0.25) is 11.8 Å². The molecule has 1 heterocycles. The molecule has 2 amide bonds. The van der Waals surface area contributed by atoms with Crippen molar-refractivity contribution in [2.24, 2.45) is 17.2 Å². The third-order valence-corrected chi connectivity index (χ3v) is 8.04. The van der Waals surface area contributed by atoms with Gasteiger partial charge in [-0.25, -0.2) is 0 Å². The van der Waals surface area contributed by atoms with Gasteiger partial charge in [0.25, 0.3) is 0 Å². The van der Waals surface area contributed by atoms with Gasteiger partial charge in [-0.1, -0.05) is 40.6 Å². The molecule has 0 bridgehead atoms. The average Bonchev–Trinajstić information content (AvgIpc) is 3.26. The number of hydrogen-bond donors (Lipinski definition) is 4. The van der Waals surface area contributed by atoms with Crippen molar-refractivity contribution in [2.45, 2.75) is 37.9 Å². The number of anilines is 1. The fourth-order valence-corrected chi connectivity index (χ4v) is 5.97. The van der Waals surface area contributed by atoms with Gasteiger partial charge in [-0.2, -0.15) is 0 Å². The zero-order valence-corrected chi connectivity index (χ0v) is 19.2. The van der Waals surface area contributed by atoms with E-state index in [0.29, 0.717) is 17.9 Å². The zero-order chi connectivity index (χ0) is 21.2. The Morgan fingerprint density at radius 1 is 1.14 bits per heavy atom. The summed E-state index contributed by atoms with van der Waals surface area (Å²) >= 11 is 1.74. The van der Waals surface area contributed by atoms with Crippen LogP contribution in [0.25, 0.3) is 0 Å². The molecule has 0 saturated carbocycles. The Kier molecular flexibility index (Phi) is 10.7. The fraction of sp³-hybridized carbons (Fsp3) is 0.579. The number of nitrogens with two attached hydrogens (primary N) is 3. The molecule has 0 aromatic heterocycles. The van der Waals surface area contributed by atoms with E-state index in [0.717, 1.165) is 35.9 Å². The van der Waals surface area contributed by atoms with E-state index >= 15 is 0 Å². The van der Waals surface area contributed by atoms with Crippen molar-refractivity contribution < 1.29 is 9.59 Å². The van der Waals surface area contributed by atoms with Crippen molar-refractivity contribution in [3.05, 3.63) is 29.8 Å². The average molecular weight is 458 g/mol. The first kappa shape index (κ1) is 24.4. The van der Waals surface area contributed by atoms with Crippen LogP contribution in [-0.4, -0.2) is 64.5 Å². The number of rotatable bonds is 11. The highest BCUT2D eigenvalue weighted by molar-refractivity contribution is 8.76. The van der Waals surface area contributed by atoms with Crippen molar-refractivity contribution >= 4 is 50.9 Å². The minimum atomic E-state index is -0.589. The van der Waals surface area contributed by atoms with Gasteiger partial charge < -0.3 is 27.4 Å². The van der Waals surface area contributed by atoms with Crippen molar-refractivity contribution in [3.63, 3.8) is 0 Å². The van der Waals surface area contributed by atoms with E-state index in [9.17, 15) is 9.59 Å². The molecule has 0 aliphatic carbocycles. The monoisotopic (exact) mass is 457 g/mol. The van der Waals surface area contributed by atoms with E-state index < -0.39 is 12.1 Å². The molecule has 0 radical (unpaired) electrons. The second kappa shape index (κ2) is 12.7. The Balaban J connectivity index is 1.74. The molecule has 2 rings (SSSR count). The van der Waals surface area contributed by atoms with Gasteiger partial charge >= 0.3 is 0 Å². The normalized spacial score (nSPS) is 17.0. The molecule has 162 valence electrons. The second-order valence-corrected chi connectivity index (χ2v) is 10.6. The smallest absolute Gasteiger partial charge is 0.242 e. The molecule has 1 fully saturated rings. The molecule has 1 aromatic carbocycles. The maximum Gasteiger partial charge on any atom is 0.242 e. The van der Waals surface area contributed by atoms with Gasteiger partial charge in [0.1, 0.15) is 0 Å². The maximum absolute atomic E-state index is 12.3. The standard InChI is InChI=1S/C19H31N5O2S3/c1-2-14(20)10-28-29-11-17(22)18(25)23-15-5-3-13(4-6-15)9-16(21)19(26)24-7-8-27-12-24/h3-6,14,16-17H,2,7-12,20-22H2,1H3,(H,23,25). The van der Waals surface area contributed by atoms with E-state index in [4.69, 9.17) is 17.2 Å². The first-order valence-electron chi connectivity index (χ1n) is 9.68. The molecular formula is C19H31N5O2S3. The first-order valence-corrected chi connectivity index (χ1v) is 13.3. The van der Waals surface area contributed by atoms with E-state index in [1.165, 1.54) is 0 Å². The van der Waals surface area contributed by atoms with Crippen molar-refractivity contribution in [1.29, 1.82) is 0 Å². The molecule has 10 heteroatoms. The highest BCUT2D eigenvalue weighted by Gasteiger charge is 2.24. The van der Waals surface area contributed by atoms with E-state index in [1.54, 1.807) is 38.2 Å². The summed E-state index contributed by atoms with van der Waals surface area (Å²) in [5, 5.41) is 2.83. The second-order valence-electron chi connectivity index (χ2n) is 6.98. The Morgan fingerprint density at radius 2 is 1.83 bits per heavy atom. The number of benzene rings is 1. The van der Waals surface area contributed by atoms with Crippen LogP contribution in [0, 0.1) is 0 Å². The Morgan fingerprint density at radius 3 is 2.45 bits per heavy atom. The first-order chi connectivity index (χ1) is 13.9. The predicted molar refractivity (Wildman–Crippen MR) is 127 cm³/mol. The summed E-state index contributed by atoms with van der Waals surface area (Å²) in [6.45, 7) is 2.82. The van der Waals surface area contributed by atoms with Gasteiger partial charge in [-0.3, -0.25) is 9.59 Å². The number of nitrogens with zero attached hydrogens (tertiary/aromatic N) is 1. The molecule has 1 saturated heterocycles. The highest BCUT2D eigenvalue weighted by atomic mass is 33.1. The molecule has 29 heavy (non-hydrogen) atoms. The largest absolute Gasteiger partial charge is 0.331 e. The topological polar surface area (TPSA) is 127 Å². The molecule has 7 nitrogen and oxygen atoms in total. The van der Waals surface area contributed by atoms with Gasteiger partial charge in [0.15, 0.2) is 0 Å². The third-order valence-electron chi connectivity index (χ3n) is 4.53. The van der Waals surface area contributed by atoms with E-state index in [1.807, 2.05) is 24.3 Å².